The number of anilines is 1. The quantitative estimate of drug-likeness (QED) is 0.846. The van der Waals surface area contributed by atoms with Crippen molar-refractivity contribution >= 4 is 33.2 Å². The first-order valence-electron chi connectivity index (χ1n) is 5.18. The topological polar surface area (TPSA) is 35.2 Å². The van der Waals surface area contributed by atoms with Gasteiger partial charge in [0.1, 0.15) is 18.2 Å². The Balaban J connectivity index is 2.13. The van der Waals surface area contributed by atoms with Crippen molar-refractivity contribution in [2.75, 3.05) is 5.73 Å². The summed E-state index contributed by atoms with van der Waals surface area (Å²) in [5, 5.41) is 0.583. The largest absolute Gasteiger partial charge is 0.487 e. The highest BCUT2D eigenvalue weighted by atomic mass is 79.9. The first kappa shape index (κ1) is 13.2. The lowest BCUT2D eigenvalue weighted by Gasteiger charge is -2.10. The van der Waals surface area contributed by atoms with Gasteiger partial charge in [0.05, 0.1) is 5.69 Å². The second-order valence-corrected chi connectivity index (χ2v) is 5.03. The van der Waals surface area contributed by atoms with Crippen LogP contribution in [0.5, 0.6) is 5.75 Å². The molecule has 2 rings (SSSR count). The van der Waals surface area contributed by atoms with Gasteiger partial charge in [-0.15, -0.1) is 0 Å². The average Bonchev–Trinajstić information content (AvgIpc) is 2.32. The summed E-state index contributed by atoms with van der Waals surface area (Å²) in [4.78, 5) is 0. The molecular weight excluding hydrogens is 321 g/mol. The Morgan fingerprint density at radius 3 is 2.72 bits per heavy atom. The van der Waals surface area contributed by atoms with E-state index in [2.05, 4.69) is 15.9 Å². The molecule has 2 aromatic carbocycles. The highest BCUT2D eigenvalue weighted by Gasteiger charge is 2.05. The SMILES string of the molecule is Nc1ccc(F)cc1OCc1ccc(Br)cc1Cl. The van der Waals surface area contributed by atoms with Gasteiger partial charge in [-0.1, -0.05) is 33.6 Å². The fourth-order valence-electron chi connectivity index (χ4n) is 1.43. The van der Waals surface area contributed by atoms with Gasteiger partial charge in [0.15, 0.2) is 0 Å². The molecule has 0 saturated heterocycles. The first-order chi connectivity index (χ1) is 8.56. The van der Waals surface area contributed by atoms with Crippen molar-refractivity contribution in [2.24, 2.45) is 0 Å². The normalized spacial score (nSPS) is 10.4. The molecular formula is C13H10BrClFNO. The van der Waals surface area contributed by atoms with E-state index in [4.69, 9.17) is 22.1 Å². The van der Waals surface area contributed by atoms with Crippen LogP contribution in [0.25, 0.3) is 0 Å². The van der Waals surface area contributed by atoms with E-state index in [1.165, 1.54) is 18.2 Å². The Kier molecular flexibility index (Phi) is 4.09. The summed E-state index contributed by atoms with van der Waals surface area (Å²) in [5.74, 6) is -0.0740. The molecule has 5 heteroatoms. The summed E-state index contributed by atoms with van der Waals surface area (Å²) in [5.41, 5.74) is 6.89. The minimum absolute atomic E-state index is 0.236. The van der Waals surface area contributed by atoms with Gasteiger partial charge in [-0.2, -0.15) is 0 Å². The first-order valence-corrected chi connectivity index (χ1v) is 6.35. The molecule has 0 aromatic heterocycles. The van der Waals surface area contributed by atoms with Crippen LogP contribution in [0.3, 0.4) is 0 Å². The number of hydrogen-bond acceptors (Lipinski definition) is 2. The van der Waals surface area contributed by atoms with Crippen molar-refractivity contribution < 1.29 is 9.13 Å². The molecule has 0 fully saturated rings. The smallest absolute Gasteiger partial charge is 0.145 e. The Morgan fingerprint density at radius 1 is 1.22 bits per heavy atom. The van der Waals surface area contributed by atoms with Crippen molar-refractivity contribution in [1.82, 2.24) is 0 Å². The number of nitrogens with two attached hydrogens (primary N) is 1. The molecule has 0 aliphatic rings. The van der Waals surface area contributed by atoms with Gasteiger partial charge in [0.2, 0.25) is 0 Å². The van der Waals surface area contributed by atoms with Gasteiger partial charge in [-0.25, -0.2) is 4.39 Å². The van der Waals surface area contributed by atoms with Crippen LogP contribution in [0.2, 0.25) is 5.02 Å². The lowest BCUT2D eigenvalue weighted by atomic mass is 10.2. The van der Waals surface area contributed by atoms with Crippen molar-refractivity contribution in [2.45, 2.75) is 6.61 Å². The second-order valence-electron chi connectivity index (χ2n) is 3.71. The minimum atomic E-state index is -0.388. The molecule has 0 aliphatic carbocycles. The molecule has 0 heterocycles. The average molecular weight is 331 g/mol. The number of halogens is 3. The van der Waals surface area contributed by atoms with Gasteiger partial charge in [0.25, 0.3) is 0 Å². The van der Waals surface area contributed by atoms with Gasteiger partial charge in [0, 0.05) is 21.1 Å². The number of ether oxygens (including phenoxy) is 1. The maximum absolute atomic E-state index is 13.0. The van der Waals surface area contributed by atoms with E-state index >= 15 is 0 Å². The van der Waals surface area contributed by atoms with Crippen LogP contribution >= 0.6 is 27.5 Å². The number of benzene rings is 2. The third-order valence-electron chi connectivity index (χ3n) is 2.37. The van der Waals surface area contributed by atoms with E-state index in [-0.39, 0.29) is 12.4 Å². The molecule has 2 N–H and O–H groups in total. The van der Waals surface area contributed by atoms with Crippen molar-refractivity contribution in [3.63, 3.8) is 0 Å². The number of hydrogen-bond donors (Lipinski definition) is 1. The summed E-state index contributed by atoms with van der Waals surface area (Å²) < 4.78 is 19.4. The monoisotopic (exact) mass is 329 g/mol. The van der Waals surface area contributed by atoms with Gasteiger partial charge in [-0.3, -0.25) is 0 Å². The zero-order chi connectivity index (χ0) is 13.1. The fraction of sp³-hybridized carbons (Fsp3) is 0.0769. The highest BCUT2D eigenvalue weighted by Crippen LogP contribution is 2.26. The van der Waals surface area contributed by atoms with Gasteiger partial charge in [-0.05, 0) is 24.3 Å². The van der Waals surface area contributed by atoms with Crippen molar-refractivity contribution in [1.29, 1.82) is 0 Å². The fourth-order valence-corrected chi connectivity index (χ4v) is 2.16. The molecule has 2 aromatic rings. The Labute approximate surface area is 118 Å². The third-order valence-corrected chi connectivity index (χ3v) is 3.22. The van der Waals surface area contributed by atoms with Gasteiger partial charge < -0.3 is 10.5 Å². The Bertz CT molecular complexity index is 577. The van der Waals surface area contributed by atoms with E-state index in [9.17, 15) is 4.39 Å². The minimum Gasteiger partial charge on any atom is -0.487 e. The predicted octanol–water partition coefficient (Wildman–Crippen LogP) is 4.40. The molecule has 0 atom stereocenters. The lowest BCUT2D eigenvalue weighted by molar-refractivity contribution is 0.306. The molecule has 0 radical (unpaired) electrons. The molecule has 0 amide bonds. The van der Waals surface area contributed by atoms with Crippen molar-refractivity contribution in [3.8, 4) is 5.75 Å². The molecule has 2 nitrogen and oxygen atoms in total. The maximum atomic E-state index is 13.0. The second kappa shape index (κ2) is 5.59. The van der Waals surface area contributed by atoms with E-state index in [1.54, 1.807) is 6.07 Å². The summed E-state index contributed by atoms with van der Waals surface area (Å²) >= 11 is 9.37. The van der Waals surface area contributed by atoms with E-state index in [0.717, 1.165) is 10.0 Å². The molecule has 0 aliphatic heterocycles. The summed E-state index contributed by atoms with van der Waals surface area (Å²) in [6, 6.07) is 9.47. The molecule has 94 valence electrons. The molecule has 0 spiro atoms. The van der Waals surface area contributed by atoms with E-state index in [0.29, 0.717) is 16.5 Å². The summed E-state index contributed by atoms with van der Waals surface area (Å²) in [6.45, 7) is 0.236. The van der Waals surface area contributed by atoms with Crippen LogP contribution in [0, 0.1) is 5.82 Å². The van der Waals surface area contributed by atoms with E-state index < -0.39 is 0 Å². The van der Waals surface area contributed by atoms with Crippen LogP contribution in [-0.4, -0.2) is 0 Å². The standard InChI is InChI=1S/C13H10BrClFNO/c14-9-2-1-8(11(15)5-9)7-18-13-6-10(16)3-4-12(13)17/h1-6H,7,17H2. The van der Waals surface area contributed by atoms with Crippen LogP contribution in [0.1, 0.15) is 5.56 Å². The third kappa shape index (κ3) is 3.15. The highest BCUT2D eigenvalue weighted by molar-refractivity contribution is 9.10. The van der Waals surface area contributed by atoms with Crippen molar-refractivity contribution in [3.05, 3.63) is 57.3 Å². The van der Waals surface area contributed by atoms with E-state index in [1.807, 2.05) is 12.1 Å². The number of rotatable bonds is 3. The van der Waals surface area contributed by atoms with Gasteiger partial charge >= 0.3 is 0 Å². The zero-order valence-electron chi connectivity index (χ0n) is 9.29. The maximum Gasteiger partial charge on any atom is 0.145 e. The molecule has 0 unspecified atom stereocenters. The Hall–Kier alpha value is -1.26. The predicted molar refractivity (Wildman–Crippen MR) is 74.3 cm³/mol. The summed E-state index contributed by atoms with van der Waals surface area (Å²) in [7, 11) is 0. The molecule has 18 heavy (non-hydrogen) atoms. The lowest BCUT2D eigenvalue weighted by Crippen LogP contribution is -1.99. The zero-order valence-corrected chi connectivity index (χ0v) is 11.6. The molecule has 0 saturated carbocycles. The van der Waals surface area contributed by atoms with Crippen LogP contribution in [-0.2, 0) is 6.61 Å². The van der Waals surface area contributed by atoms with Crippen LogP contribution in [0.15, 0.2) is 40.9 Å². The Morgan fingerprint density at radius 2 is 2.00 bits per heavy atom. The summed E-state index contributed by atoms with van der Waals surface area (Å²) in [6.07, 6.45) is 0. The number of nitrogen functional groups attached to an aromatic ring is 1. The van der Waals surface area contributed by atoms with Crippen LogP contribution < -0.4 is 10.5 Å². The van der Waals surface area contributed by atoms with Crippen LogP contribution in [0.4, 0.5) is 10.1 Å². The molecule has 0 bridgehead atoms.